The third-order valence-electron chi connectivity index (χ3n) is 3.48. The number of hydrogen-bond donors (Lipinski definition) is 2. The van der Waals surface area contributed by atoms with Gasteiger partial charge < -0.3 is 14.9 Å². The Morgan fingerprint density at radius 1 is 1.39 bits per heavy atom. The van der Waals surface area contributed by atoms with E-state index in [1.807, 2.05) is 0 Å². The second-order valence-electron chi connectivity index (χ2n) is 4.99. The van der Waals surface area contributed by atoms with E-state index in [-0.39, 0.29) is 25.3 Å². The van der Waals surface area contributed by atoms with Crippen LogP contribution >= 0.6 is 0 Å². The minimum absolute atomic E-state index is 0.0195. The van der Waals surface area contributed by atoms with Gasteiger partial charge in [0.05, 0.1) is 11.0 Å². The van der Waals surface area contributed by atoms with Gasteiger partial charge in [-0.25, -0.2) is 4.79 Å². The van der Waals surface area contributed by atoms with E-state index in [1.165, 1.54) is 42.6 Å². The summed E-state index contributed by atoms with van der Waals surface area (Å²) in [4.78, 5) is 26.3. The highest BCUT2D eigenvalue weighted by Gasteiger charge is 2.45. The van der Waals surface area contributed by atoms with Crippen LogP contribution in [0.2, 0.25) is 0 Å². The average Bonchev–Trinajstić information content (AvgIpc) is 3.04. The zero-order chi connectivity index (χ0) is 16.9. The number of hydrogen-bond acceptors (Lipinski definition) is 7. The zero-order valence-electron chi connectivity index (χ0n) is 12.2. The fourth-order valence-corrected chi connectivity index (χ4v) is 2.17. The lowest BCUT2D eigenvalue weighted by Crippen LogP contribution is -2.46. The highest BCUT2D eigenvalue weighted by atomic mass is 16.6. The number of nitrogens with zero attached hydrogens (tertiary/aromatic N) is 2. The van der Waals surface area contributed by atoms with Crippen molar-refractivity contribution in [3.05, 3.63) is 52.1 Å². The first-order chi connectivity index (χ1) is 11.0. The minimum Gasteiger partial charge on any atom is -0.459 e. The van der Waals surface area contributed by atoms with Gasteiger partial charge in [0.25, 0.3) is 5.69 Å². The van der Waals surface area contributed by atoms with E-state index in [1.54, 1.807) is 0 Å². The van der Waals surface area contributed by atoms with Crippen molar-refractivity contribution in [3.63, 3.8) is 0 Å². The number of aliphatic hydroxyl groups is 2. The van der Waals surface area contributed by atoms with Gasteiger partial charge in [0.15, 0.2) is 0 Å². The number of carbonyl (C=O) groups excluding carboxylic acids is 1. The summed E-state index contributed by atoms with van der Waals surface area (Å²) in [6.45, 7) is -0.393. The lowest BCUT2D eigenvalue weighted by atomic mass is 9.91. The van der Waals surface area contributed by atoms with Crippen molar-refractivity contribution in [1.82, 2.24) is 0 Å². The Morgan fingerprint density at radius 3 is 2.61 bits per heavy atom. The fourth-order valence-electron chi connectivity index (χ4n) is 2.17. The van der Waals surface area contributed by atoms with Crippen LogP contribution in [0.15, 0.2) is 41.4 Å². The molecule has 1 aromatic carbocycles. The van der Waals surface area contributed by atoms with Gasteiger partial charge in [0.2, 0.25) is 5.54 Å². The zero-order valence-corrected chi connectivity index (χ0v) is 12.2. The molecular formula is C15H16N2O6. The lowest BCUT2D eigenvalue weighted by molar-refractivity contribution is -0.384. The van der Waals surface area contributed by atoms with Gasteiger partial charge in [-0.05, 0) is 36.3 Å². The number of aliphatic imine (C=N–C) groups is 1. The molecule has 0 spiro atoms. The third kappa shape index (κ3) is 3.61. The molecule has 0 aliphatic carbocycles. The topological polar surface area (TPSA) is 122 Å². The summed E-state index contributed by atoms with van der Waals surface area (Å²) in [6, 6.07) is 5.59. The normalized spacial score (nSPS) is 20.4. The van der Waals surface area contributed by atoms with E-state index in [2.05, 4.69) is 4.99 Å². The highest BCUT2D eigenvalue weighted by molar-refractivity contribution is 5.91. The quantitative estimate of drug-likeness (QED) is 0.434. The summed E-state index contributed by atoms with van der Waals surface area (Å²) in [5, 5.41) is 29.6. The Morgan fingerprint density at radius 2 is 2.09 bits per heavy atom. The summed E-state index contributed by atoms with van der Waals surface area (Å²) in [5.41, 5.74) is -1.04. The van der Waals surface area contributed by atoms with Gasteiger partial charge in [-0.3, -0.25) is 15.1 Å². The van der Waals surface area contributed by atoms with Gasteiger partial charge in [0.1, 0.15) is 6.61 Å². The SMILES string of the molecule is O=C(OCc1ccc([N+](=O)[O-])cc1)C1(C(O)CCO)C=CC=N1. The Labute approximate surface area is 131 Å². The Bertz CT molecular complexity index is 626. The van der Waals surface area contributed by atoms with Gasteiger partial charge in [-0.1, -0.05) is 0 Å². The van der Waals surface area contributed by atoms with Gasteiger partial charge in [-0.15, -0.1) is 0 Å². The molecule has 2 unspecified atom stereocenters. The van der Waals surface area contributed by atoms with Crippen molar-refractivity contribution in [2.24, 2.45) is 4.99 Å². The Kier molecular flexibility index (Phi) is 5.20. The molecule has 0 radical (unpaired) electrons. The molecule has 2 N–H and O–H groups in total. The van der Waals surface area contributed by atoms with Crippen molar-refractivity contribution < 1.29 is 24.7 Å². The third-order valence-corrected chi connectivity index (χ3v) is 3.48. The molecule has 8 heteroatoms. The van der Waals surface area contributed by atoms with E-state index in [0.29, 0.717) is 5.56 Å². The summed E-state index contributed by atoms with van der Waals surface area (Å²) in [7, 11) is 0. The predicted molar refractivity (Wildman–Crippen MR) is 81.0 cm³/mol. The summed E-state index contributed by atoms with van der Waals surface area (Å²) < 4.78 is 5.17. The molecule has 1 aliphatic rings. The van der Waals surface area contributed by atoms with Crippen LogP contribution in [0.5, 0.6) is 0 Å². The van der Waals surface area contributed by atoms with Crippen molar-refractivity contribution >= 4 is 17.9 Å². The largest absolute Gasteiger partial charge is 0.459 e. The highest BCUT2D eigenvalue weighted by Crippen LogP contribution is 2.26. The van der Waals surface area contributed by atoms with Gasteiger partial charge in [-0.2, -0.15) is 0 Å². The van der Waals surface area contributed by atoms with Crippen LogP contribution in [0.3, 0.4) is 0 Å². The van der Waals surface area contributed by atoms with Crippen molar-refractivity contribution in [2.75, 3.05) is 6.61 Å². The number of rotatable bonds is 7. The van der Waals surface area contributed by atoms with Crippen LogP contribution in [-0.2, 0) is 16.1 Å². The van der Waals surface area contributed by atoms with Crippen LogP contribution in [0.4, 0.5) is 5.69 Å². The molecule has 0 amide bonds. The number of nitro benzene ring substituents is 1. The number of non-ortho nitro benzene ring substituents is 1. The molecule has 0 aromatic heterocycles. The van der Waals surface area contributed by atoms with Crippen molar-refractivity contribution in [3.8, 4) is 0 Å². The summed E-state index contributed by atoms with van der Waals surface area (Å²) in [6.07, 6.45) is 3.10. The van der Waals surface area contributed by atoms with E-state index < -0.39 is 22.5 Å². The molecule has 23 heavy (non-hydrogen) atoms. The van der Waals surface area contributed by atoms with Gasteiger partial charge >= 0.3 is 5.97 Å². The van der Waals surface area contributed by atoms with E-state index in [9.17, 15) is 20.0 Å². The van der Waals surface area contributed by atoms with Gasteiger partial charge in [0, 0.05) is 25.0 Å². The molecule has 1 heterocycles. The lowest BCUT2D eigenvalue weighted by Gasteiger charge is -2.27. The molecule has 0 bridgehead atoms. The Balaban J connectivity index is 2.04. The number of carbonyl (C=O) groups is 1. The molecule has 0 saturated carbocycles. The second kappa shape index (κ2) is 7.12. The first-order valence-corrected chi connectivity index (χ1v) is 6.92. The van der Waals surface area contributed by atoms with E-state index in [0.717, 1.165) is 0 Å². The summed E-state index contributed by atoms with van der Waals surface area (Å²) in [5.74, 6) is -0.748. The first-order valence-electron chi connectivity index (χ1n) is 6.92. The van der Waals surface area contributed by atoms with E-state index >= 15 is 0 Å². The standard InChI is InChI=1S/C15H16N2O6/c18-9-6-13(19)15(7-1-8-16-15)14(20)23-10-11-2-4-12(5-3-11)17(21)22/h1-5,7-8,13,18-19H,6,9-10H2. The smallest absolute Gasteiger partial charge is 0.341 e. The molecule has 2 atom stereocenters. The summed E-state index contributed by atoms with van der Waals surface area (Å²) >= 11 is 0. The number of aliphatic hydroxyl groups excluding tert-OH is 2. The average molecular weight is 320 g/mol. The fraction of sp³-hybridized carbons (Fsp3) is 0.333. The molecule has 0 saturated heterocycles. The maximum Gasteiger partial charge on any atom is 0.341 e. The molecule has 0 fully saturated rings. The molecule has 1 aliphatic heterocycles. The molecule has 2 rings (SSSR count). The number of ether oxygens (including phenoxy) is 1. The maximum absolute atomic E-state index is 12.3. The van der Waals surface area contributed by atoms with Crippen LogP contribution < -0.4 is 0 Å². The number of allylic oxidation sites excluding steroid dienone is 1. The molecule has 122 valence electrons. The van der Waals surface area contributed by atoms with Crippen LogP contribution in [-0.4, -0.2) is 45.6 Å². The molecule has 1 aromatic rings. The first kappa shape index (κ1) is 16.8. The van der Waals surface area contributed by atoms with Crippen molar-refractivity contribution in [2.45, 2.75) is 24.7 Å². The Hall–Kier alpha value is -2.58. The molecule has 8 nitrogen and oxygen atoms in total. The monoisotopic (exact) mass is 320 g/mol. The van der Waals surface area contributed by atoms with Crippen LogP contribution in [0.25, 0.3) is 0 Å². The van der Waals surface area contributed by atoms with Crippen LogP contribution in [0, 0.1) is 10.1 Å². The number of esters is 1. The minimum atomic E-state index is -1.55. The number of benzene rings is 1. The van der Waals surface area contributed by atoms with E-state index in [4.69, 9.17) is 9.84 Å². The van der Waals surface area contributed by atoms with Crippen molar-refractivity contribution in [1.29, 1.82) is 0 Å². The van der Waals surface area contributed by atoms with Crippen LogP contribution in [0.1, 0.15) is 12.0 Å². The molecular weight excluding hydrogens is 304 g/mol. The second-order valence-corrected chi connectivity index (χ2v) is 4.99. The predicted octanol–water partition coefficient (Wildman–Crippen LogP) is 0.761. The number of nitro groups is 1. The maximum atomic E-state index is 12.3.